The molecule has 112 valence electrons. The summed E-state index contributed by atoms with van der Waals surface area (Å²) < 4.78 is 0. The van der Waals surface area contributed by atoms with Gasteiger partial charge in [0.05, 0.1) is 5.92 Å². The molecule has 1 saturated heterocycles. The first-order chi connectivity index (χ1) is 9.69. The van der Waals surface area contributed by atoms with E-state index in [1.807, 2.05) is 9.80 Å². The van der Waals surface area contributed by atoms with E-state index < -0.39 is 0 Å². The van der Waals surface area contributed by atoms with Crippen LogP contribution in [0.25, 0.3) is 0 Å². The molecule has 1 heterocycles. The third-order valence-electron chi connectivity index (χ3n) is 4.88. The van der Waals surface area contributed by atoms with Crippen LogP contribution in [0.3, 0.4) is 0 Å². The summed E-state index contributed by atoms with van der Waals surface area (Å²) in [6.45, 7) is 5.32. The monoisotopic (exact) mass is 278 g/mol. The number of carbonyl (C=O) groups is 2. The molecule has 0 spiro atoms. The second kappa shape index (κ2) is 5.74. The Bertz CT molecular complexity index is 388. The second-order valence-corrected chi connectivity index (χ2v) is 6.72. The van der Waals surface area contributed by atoms with Crippen LogP contribution in [0.1, 0.15) is 45.4 Å². The fourth-order valence-corrected chi connectivity index (χ4v) is 3.21. The fraction of sp³-hybridized carbons (Fsp3) is 0.875. The van der Waals surface area contributed by atoms with E-state index in [4.69, 9.17) is 0 Å². The Balaban J connectivity index is 1.56. The van der Waals surface area contributed by atoms with Gasteiger partial charge in [-0.05, 0) is 51.4 Å². The van der Waals surface area contributed by atoms with Crippen molar-refractivity contribution in [3.8, 4) is 0 Å². The Morgan fingerprint density at radius 3 is 2.45 bits per heavy atom. The molecule has 3 rings (SSSR count). The molecule has 0 aromatic heterocycles. The molecule has 3 fully saturated rings. The first kappa shape index (κ1) is 13.9. The van der Waals surface area contributed by atoms with Crippen molar-refractivity contribution in [2.24, 2.45) is 17.8 Å². The van der Waals surface area contributed by atoms with E-state index in [-0.39, 0.29) is 17.7 Å². The Kier molecular flexibility index (Phi) is 3.99. The molecule has 4 heteroatoms. The lowest BCUT2D eigenvalue weighted by Gasteiger charge is -2.35. The Morgan fingerprint density at radius 1 is 1.10 bits per heavy atom. The van der Waals surface area contributed by atoms with Crippen LogP contribution < -0.4 is 0 Å². The maximum atomic E-state index is 12.6. The van der Waals surface area contributed by atoms with Crippen LogP contribution in [0.15, 0.2) is 0 Å². The first-order valence-electron chi connectivity index (χ1n) is 8.26. The lowest BCUT2D eigenvalue weighted by molar-refractivity contribution is -0.141. The molecule has 2 amide bonds. The number of piperidine rings is 1. The summed E-state index contributed by atoms with van der Waals surface area (Å²) in [5, 5.41) is 0. The van der Waals surface area contributed by atoms with Gasteiger partial charge in [-0.1, -0.05) is 0 Å². The van der Waals surface area contributed by atoms with Crippen LogP contribution in [0.2, 0.25) is 0 Å². The van der Waals surface area contributed by atoms with Crippen molar-refractivity contribution < 1.29 is 9.59 Å². The molecule has 2 saturated carbocycles. The molecule has 0 radical (unpaired) electrons. The van der Waals surface area contributed by atoms with Crippen LogP contribution in [-0.2, 0) is 9.59 Å². The molecule has 0 unspecified atom stereocenters. The summed E-state index contributed by atoms with van der Waals surface area (Å²) in [7, 11) is 0. The SMILES string of the molecule is CCN(CC1CC1)C(=O)[C@H]1CCCN(C(=O)C2CC2)C1. The number of amides is 2. The van der Waals surface area contributed by atoms with Crippen molar-refractivity contribution in [1.82, 2.24) is 9.80 Å². The smallest absolute Gasteiger partial charge is 0.227 e. The van der Waals surface area contributed by atoms with Gasteiger partial charge in [-0.25, -0.2) is 0 Å². The maximum absolute atomic E-state index is 12.6. The minimum atomic E-state index is 0.0464. The molecule has 20 heavy (non-hydrogen) atoms. The predicted octanol–water partition coefficient (Wildman–Crippen LogP) is 1.89. The zero-order valence-electron chi connectivity index (χ0n) is 12.5. The molecule has 0 aromatic rings. The van der Waals surface area contributed by atoms with Crippen LogP contribution in [0.4, 0.5) is 0 Å². The number of rotatable bonds is 5. The van der Waals surface area contributed by atoms with Crippen LogP contribution >= 0.6 is 0 Å². The van der Waals surface area contributed by atoms with Gasteiger partial charge >= 0.3 is 0 Å². The average molecular weight is 278 g/mol. The molecule has 1 atom stereocenters. The predicted molar refractivity (Wildman–Crippen MR) is 77.0 cm³/mol. The molecular weight excluding hydrogens is 252 g/mol. The van der Waals surface area contributed by atoms with E-state index in [0.717, 1.165) is 51.2 Å². The van der Waals surface area contributed by atoms with Gasteiger partial charge in [-0.15, -0.1) is 0 Å². The van der Waals surface area contributed by atoms with Crippen molar-refractivity contribution in [3.63, 3.8) is 0 Å². The summed E-state index contributed by atoms with van der Waals surface area (Å²) in [5.41, 5.74) is 0. The topological polar surface area (TPSA) is 40.6 Å². The largest absolute Gasteiger partial charge is 0.342 e. The summed E-state index contributed by atoms with van der Waals surface area (Å²) in [6.07, 6.45) is 6.60. The third kappa shape index (κ3) is 3.15. The summed E-state index contributed by atoms with van der Waals surface area (Å²) in [5.74, 6) is 1.65. The highest BCUT2D eigenvalue weighted by Gasteiger charge is 2.38. The molecule has 3 aliphatic rings. The molecule has 0 N–H and O–H groups in total. The van der Waals surface area contributed by atoms with E-state index in [0.29, 0.717) is 12.5 Å². The summed E-state index contributed by atoms with van der Waals surface area (Å²) >= 11 is 0. The maximum Gasteiger partial charge on any atom is 0.227 e. The van der Waals surface area contributed by atoms with E-state index in [9.17, 15) is 9.59 Å². The minimum absolute atomic E-state index is 0.0464. The minimum Gasteiger partial charge on any atom is -0.342 e. The highest BCUT2D eigenvalue weighted by Crippen LogP contribution is 2.33. The van der Waals surface area contributed by atoms with Crippen molar-refractivity contribution in [2.75, 3.05) is 26.2 Å². The molecule has 2 aliphatic carbocycles. The van der Waals surface area contributed by atoms with Crippen molar-refractivity contribution in [1.29, 1.82) is 0 Å². The van der Waals surface area contributed by atoms with Gasteiger partial charge in [-0.2, -0.15) is 0 Å². The number of likely N-dealkylation sites (tertiary alicyclic amines) is 1. The highest BCUT2D eigenvalue weighted by molar-refractivity contribution is 5.83. The Hall–Kier alpha value is -1.06. The van der Waals surface area contributed by atoms with E-state index in [1.54, 1.807) is 0 Å². The quantitative estimate of drug-likeness (QED) is 0.770. The standard InChI is InChI=1S/C16H26N2O2/c1-2-17(10-12-5-6-12)16(20)14-4-3-9-18(11-14)15(19)13-7-8-13/h12-14H,2-11H2,1H3/t14-/m0/s1. The Morgan fingerprint density at radius 2 is 1.85 bits per heavy atom. The fourth-order valence-electron chi connectivity index (χ4n) is 3.21. The molecule has 1 aliphatic heterocycles. The van der Waals surface area contributed by atoms with Gasteiger partial charge < -0.3 is 9.80 Å². The van der Waals surface area contributed by atoms with E-state index in [1.165, 1.54) is 12.8 Å². The number of hydrogen-bond donors (Lipinski definition) is 0. The number of carbonyl (C=O) groups excluding carboxylic acids is 2. The summed E-state index contributed by atoms with van der Waals surface area (Å²) in [6, 6.07) is 0. The Labute approximate surface area is 121 Å². The van der Waals surface area contributed by atoms with E-state index >= 15 is 0 Å². The van der Waals surface area contributed by atoms with Crippen LogP contribution in [-0.4, -0.2) is 47.8 Å². The van der Waals surface area contributed by atoms with Crippen LogP contribution in [0.5, 0.6) is 0 Å². The van der Waals surface area contributed by atoms with Gasteiger partial charge in [-0.3, -0.25) is 9.59 Å². The number of hydrogen-bond acceptors (Lipinski definition) is 2. The third-order valence-corrected chi connectivity index (χ3v) is 4.88. The molecule has 0 bridgehead atoms. The lowest BCUT2D eigenvalue weighted by atomic mass is 9.96. The molecule has 4 nitrogen and oxygen atoms in total. The van der Waals surface area contributed by atoms with Gasteiger partial charge in [0.1, 0.15) is 0 Å². The zero-order valence-corrected chi connectivity index (χ0v) is 12.5. The average Bonchev–Trinajstić information content (AvgIpc) is 3.37. The van der Waals surface area contributed by atoms with Crippen molar-refractivity contribution in [3.05, 3.63) is 0 Å². The van der Waals surface area contributed by atoms with E-state index in [2.05, 4.69) is 6.92 Å². The van der Waals surface area contributed by atoms with Gasteiger partial charge in [0.2, 0.25) is 11.8 Å². The lowest BCUT2D eigenvalue weighted by Crippen LogP contribution is -2.47. The molecular formula is C16H26N2O2. The van der Waals surface area contributed by atoms with Crippen LogP contribution in [0, 0.1) is 17.8 Å². The highest BCUT2D eigenvalue weighted by atomic mass is 16.2. The number of nitrogens with zero attached hydrogens (tertiary/aromatic N) is 2. The van der Waals surface area contributed by atoms with Gasteiger partial charge in [0.15, 0.2) is 0 Å². The second-order valence-electron chi connectivity index (χ2n) is 6.72. The van der Waals surface area contributed by atoms with Crippen molar-refractivity contribution in [2.45, 2.75) is 45.4 Å². The normalized spacial score (nSPS) is 26.4. The summed E-state index contributed by atoms with van der Waals surface area (Å²) in [4.78, 5) is 28.8. The van der Waals surface area contributed by atoms with Gasteiger partial charge in [0.25, 0.3) is 0 Å². The zero-order chi connectivity index (χ0) is 14.1. The first-order valence-corrected chi connectivity index (χ1v) is 8.26. The molecule has 0 aromatic carbocycles. The van der Waals surface area contributed by atoms with Gasteiger partial charge in [0, 0.05) is 32.1 Å². The van der Waals surface area contributed by atoms with Crippen molar-refractivity contribution >= 4 is 11.8 Å².